The van der Waals surface area contributed by atoms with Gasteiger partial charge in [0.05, 0.1) is 17.1 Å². The number of fused-ring (bicyclic) bond motifs is 1. The highest BCUT2D eigenvalue weighted by Gasteiger charge is 2.10. The first-order valence-corrected chi connectivity index (χ1v) is 6.61. The number of nitrogens with zero attached hydrogens (tertiary/aromatic N) is 1. The Morgan fingerprint density at radius 3 is 2.80 bits per heavy atom. The molecule has 102 valence electrons. The van der Waals surface area contributed by atoms with Gasteiger partial charge >= 0.3 is 0 Å². The molecule has 0 amide bonds. The lowest BCUT2D eigenvalue weighted by Crippen LogP contribution is -2.08. The van der Waals surface area contributed by atoms with Gasteiger partial charge in [-0.1, -0.05) is 18.2 Å². The molecule has 0 aliphatic rings. The summed E-state index contributed by atoms with van der Waals surface area (Å²) in [7, 11) is 0. The van der Waals surface area contributed by atoms with Crippen LogP contribution in [-0.2, 0) is 0 Å². The lowest BCUT2D eigenvalue weighted by atomic mass is 10.1. The second-order valence-electron chi connectivity index (χ2n) is 4.94. The van der Waals surface area contributed by atoms with Crippen LogP contribution < -0.4 is 5.32 Å². The molecule has 2 N–H and O–H groups in total. The third-order valence-corrected chi connectivity index (χ3v) is 3.36. The average Bonchev–Trinajstić information content (AvgIpc) is 2.78. The molecule has 20 heavy (non-hydrogen) atoms. The Balaban J connectivity index is 1.87. The third-order valence-electron chi connectivity index (χ3n) is 3.36. The lowest BCUT2D eigenvalue weighted by Gasteiger charge is -2.16. The van der Waals surface area contributed by atoms with Gasteiger partial charge in [0, 0.05) is 11.3 Å². The zero-order chi connectivity index (χ0) is 14.1. The Morgan fingerprint density at radius 2 is 2.00 bits per heavy atom. The van der Waals surface area contributed by atoms with E-state index in [0.29, 0.717) is 5.56 Å². The minimum atomic E-state index is -0.189. The van der Waals surface area contributed by atoms with E-state index in [-0.39, 0.29) is 11.9 Å². The maximum Gasteiger partial charge on any atom is 0.128 e. The van der Waals surface area contributed by atoms with Crippen LogP contribution in [0, 0.1) is 12.7 Å². The molecule has 3 rings (SSSR count). The number of hydrogen-bond acceptors (Lipinski definition) is 2. The van der Waals surface area contributed by atoms with Gasteiger partial charge in [-0.3, -0.25) is 0 Å². The van der Waals surface area contributed by atoms with Crippen LogP contribution >= 0.6 is 0 Å². The number of aromatic amines is 1. The highest BCUT2D eigenvalue weighted by Crippen LogP contribution is 2.23. The van der Waals surface area contributed by atoms with Crippen LogP contribution in [0.15, 0.2) is 42.5 Å². The summed E-state index contributed by atoms with van der Waals surface area (Å²) >= 11 is 0. The van der Waals surface area contributed by atoms with E-state index < -0.39 is 0 Å². The average molecular weight is 269 g/mol. The second-order valence-corrected chi connectivity index (χ2v) is 4.94. The van der Waals surface area contributed by atoms with Gasteiger partial charge < -0.3 is 10.3 Å². The van der Waals surface area contributed by atoms with Crippen molar-refractivity contribution in [3.63, 3.8) is 0 Å². The molecular weight excluding hydrogens is 253 g/mol. The number of halogens is 1. The van der Waals surface area contributed by atoms with Gasteiger partial charge in [0.2, 0.25) is 0 Å². The van der Waals surface area contributed by atoms with Crippen LogP contribution in [0.3, 0.4) is 0 Å². The number of nitrogens with one attached hydrogen (secondary N) is 2. The molecule has 0 saturated heterocycles. The quantitative estimate of drug-likeness (QED) is 0.748. The molecule has 2 aromatic carbocycles. The summed E-state index contributed by atoms with van der Waals surface area (Å²) in [6, 6.07) is 12.6. The van der Waals surface area contributed by atoms with E-state index in [1.807, 2.05) is 38.1 Å². The molecule has 0 radical (unpaired) electrons. The topological polar surface area (TPSA) is 40.7 Å². The molecule has 0 aliphatic heterocycles. The summed E-state index contributed by atoms with van der Waals surface area (Å²) in [5, 5.41) is 3.31. The number of anilines is 1. The molecule has 1 aromatic heterocycles. The van der Waals surface area contributed by atoms with Crippen molar-refractivity contribution in [2.75, 3.05) is 5.32 Å². The van der Waals surface area contributed by atoms with Gasteiger partial charge in [0.15, 0.2) is 0 Å². The minimum absolute atomic E-state index is 0.0994. The van der Waals surface area contributed by atoms with Gasteiger partial charge in [-0.05, 0) is 38.1 Å². The second kappa shape index (κ2) is 4.96. The Morgan fingerprint density at radius 1 is 1.20 bits per heavy atom. The summed E-state index contributed by atoms with van der Waals surface area (Å²) in [5.41, 5.74) is 3.52. The molecule has 0 fully saturated rings. The molecule has 1 unspecified atom stereocenters. The molecule has 4 heteroatoms. The fraction of sp³-hybridized carbons (Fsp3) is 0.188. The molecule has 3 aromatic rings. The first-order chi connectivity index (χ1) is 9.63. The van der Waals surface area contributed by atoms with Gasteiger partial charge in [0.1, 0.15) is 11.6 Å². The molecule has 0 spiro atoms. The highest BCUT2D eigenvalue weighted by molar-refractivity contribution is 5.79. The van der Waals surface area contributed by atoms with Gasteiger partial charge in [-0.2, -0.15) is 0 Å². The smallest absolute Gasteiger partial charge is 0.128 e. The van der Waals surface area contributed by atoms with Crippen molar-refractivity contribution in [2.24, 2.45) is 0 Å². The summed E-state index contributed by atoms with van der Waals surface area (Å²) in [4.78, 5) is 7.56. The molecule has 0 bridgehead atoms. The van der Waals surface area contributed by atoms with Crippen molar-refractivity contribution >= 4 is 16.7 Å². The molecule has 3 nitrogen and oxygen atoms in total. The normalized spacial score (nSPS) is 12.6. The van der Waals surface area contributed by atoms with E-state index in [9.17, 15) is 4.39 Å². The largest absolute Gasteiger partial charge is 0.378 e. The van der Waals surface area contributed by atoms with E-state index >= 15 is 0 Å². The van der Waals surface area contributed by atoms with E-state index in [1.165, 1.54) is 6.07 Å². The Labute approximate surface area is 116 Å². The third kappa shape index (κ3) is 2.37. The molecular formula is C16H16FN3. The Kier molecular flexibility index (Phi) is 3.14. The van der Waals surface area contributed by atoms with Crippen molar-refractivity contribution in [3.8, 4) is 0 Å². The number of aromatic nitrogens is 2. The molecule has 1 atom stereocenters. The summed E-state index contributed by atoms with van der Waals surface area (Å²) in [5.74, 6) is 0.699. The lowest BCUT2D eigenvalue weighted by molar-refractivity contribution is 0.600. The zero-order valence-electron chi connectivity index (χ0n) is 11.4. The molecule has 0 saturated carbocycles. The van der Waals surface area contributed by atoms with Crippen LogP contribution in [0.25, 0.3) is 11.0 Å². The predicted molar refractivity (Wildman–Crippen MR) is 79.3 cm³/mol. The van der Waals surface area contributed by atoms with Crippen LogP contribution in [0.1, 0.15) is 24.4 Å². The SMILES string of the molecule is Cc1nc2ccc(NC(C)c3ccccc3F)cc2[nH]1. The van der Waals surface area contributed by atoms with E-state index in [1.54, 1.807) is 12.1 Å². The summed E-state index contributed by atoms with van der Waals surface area (Å²) in [6.07, 6.45) is 0. The number of rotatable bonds is 3. The number of benzene rings is 2. The van der Waals surface area contributed by atoms with Crippen molar-refractivity contribution in [1.29, 1.82) is 0 Å². The number of hydrogen-bond donors (Lipinski definition) is 2. The molecule has 0 aliphatic carbocycles. The van der Waals surface area contributed by atoms with E-state index in [4.69, 9.17) is 0 Å². The fourth-order valence-electron chi connectivity index (χ4n) is 2.38. The number of aryl methyl sites for hydroxylation is 1. The Hall–Kier alpha value is -2.36. The van der Waals surface area contributed by atoms with Crippen LogP contribution in [0.2, 0.25) is 0 Å². The van der Waals surface area contributed by atoms with Crippen molar-refractivity contribution in [3.05, 3.63) is 59.7 Å². The summed E-state index contributed by atoms with van der Waals surface area (Å²) < 4.78 is 13.7. The van der Waals surface area contributed by atoms with Gasteiger partial charge in [-0.15, -0.1) is 0 Å². The van der Waals surface area contributed by atoms with Crippen LogP contribution in [-0.4, -0.2) is 9.97 Å². The minimum Gasteiger partial charge on any atom is -0.378 e. The highest BCUT2D eigenvalue weighted by atomic mass is 19.1. The van der Waals surface area contributed by atoms with Gasteiger partial charge in [0.25, 0.3) is 0 Å². The van der Waals surface area contributed by atoms with Crippen molar-refractivity contribution < 1.29 is 4.39 Å². The maximum atomic E-state index is 13.7. The molecule has 1 heterocycles. The number of imidazole rings is 1. The summed E-state index contributed by atoms with van der Waals surface area (Å²) in [6.45, 7) is 3.87. The number of H-pyrrole nitrogens is 1. The van der Waals surface area contributed by atoms with Crippen molar-refractivity contribution in [1.82, 2.24) is 9.97 Å². The standard InChI is InChI=1S/C16H16FN3/c1-10(13-5-3-4-6-14(13)17)18-12-7-8-15-16(9-12)20-11(2)19-15/h3-10,18H,1-2H3,(H,19,20). The van der Waals surface area contributed by atoms with E-state index in [0.717, 1.165) is 22.5 Å². The van der Waals surface area contributed by atoms with Gasteiger partial charge in [-0.25, -0.2) is 9.37 Å². The van der Waals surface area contributed by atoms with Crippen LogP contribution in [0.4, 0.5) is 10.1 Å². The predicted octanol–water partition coefficient (Wildman–Crippen LogP) is 4.18. The van der Waals surface area contributed by atoms with Crippen molar-refractivity contribution in [2.45, 2.75) is 19.9 Å². The fourth-order valence-corrected chi connectivity index (χ4v) is 2.38. The first kappa shape index (κ1) is 12.7. The van der Waals surface area contributed by atoms with E-state index in [2.05, 4.69) is 15.3 Å². The maximum absolute atomic E-state index is 13.7. The monoisotopic (exact) mass is 269 g/mol. The first-order valence-electron chi connectivity index (χ1n) is 6.61. The Bertz CT molecular complexity index is 748. The zero-order valence-corrected chi connectivity index (χ0v) is 11.4. The van der Waals surface area contributed by atoms with Crippen LogP contribution in [0.5, 0.6) is 0 Å².